The van der Waals surface area contributed by atoms with Crippen LogP contribution >= 0.6 is 0 Å². The molecule has 0 rings (SSSR count). The lowest BCUT2D eigenvalue weighted by Gasteiger charge is -2.18. The van der Waals surface area contributed by atoms with Gasteiger partial charge in [-0.2, -0.15) is 0 Å². The molecule has 6 heteroatoms. The van der Waals surface area contributed by atoms with E-state index in [4.69, 9.17) is 14.2 Å². The number of rotatable bonds is 50. The summed E-state index contributed by atoms with van der Waals surface area (Å²) in [5.74, 6) is 1.63. The van der Waals surface area contributed by atoms with Crippen molar-refractivity contribution in [1.29, 1.82) is 0 Å². The Balaban J connectivity index is 4.25. The molecule has 0 saturated carbocycles. The van der Waals surface area contributed by atoms with Crippen molar-refractivity contribution in [2.24, 2.45) is 17.8 Å². The molecule has 0 aliphatic carbocycles. The summed E-state index contributed by atoms with van der Waals surface area (Å²) in [5, 5.41) is 0. The Bertz CT molecular complexity index is 976. The van der Waals surface area contributed by atoms with Gasteiger partial charge in [0, 0.05) is 19.3 Å². The fraction of sp³-hybridized carbons (Fsp3) is 0.947. The Hall–Kier alpha value is -1.59. The van der Waals surface area contributed by atoms with Crippen LogP contribution in [0.1, 0.15) is 311 Å². The van der Waals surface area contributed by atoms with Gasteiger partial charge in [-0.05, 0) is 37.0 Å². The predicted octanol–water partition coefficient (Wildman–Crippen LogP) is 18.3. The van der Waals surface area contributed by atoms with Gasteiger partial charge in [-0.1, -0.05) is 273 Å². The minimum Gasteiger partial charge on any atom is -0.462 e. The zero-order valence-corrected chi connectivity index (χ0v) is 43.4. The van der Waals surface area contributed by atoms with E-state index in [9.17, 15) is 14.4 Å². The van der Waals surface area contributed by atoms with Crippen LogP contribution in [0.25, 0.3) is 0 Å². The normalized spacial score (nSPS) is 12.1. The molecule has 374 valence electrons. The lowest BCUT2D eigenvalue weighted by Crippen LogP contribution is -2.30. The van der Waals surface area contributed by atoms with Crippen molar-refractivity contribution in [3.8, 4) is 0 Å². The first kappa shape index (κ1) is 61.4. The lowest BCUT2D eigenvalue weighted by atomic mass is 10.0. The predicted molar refractivity (Wildman–Crippen MR) is 270 cm³/mol. The molecule has 0 saturated heterocycles. The van der Waals surface area contributed by atoms with Gasteiger partial charge in [-0.3, -0.25) is 14.4 Å². The van der Waals surface area contributed by atoms with E-state index in [1.165, 1.54) is 193 Å². The van der Waals surface area contributed by atoms with Crippen LogP contribution in [0.4, 0.5) is 0 Å². The molecule has 0 amide bonds. The molecule has 0 fully saturated rings. The minimum absolute atomic E-state index is 0.0642. The van der Waals surface area contributed by atoms with Gasteiger partial charge < -0.3 is 14.2 Å². The zero-order chi connectivity index (χ0) is 46.3. The van der Waals surface area contributed by atoms with Crippen LogP contribution < -0.4 is 0 Å². The van der Waals surface area contributed by atoms with Gasteiger partial charge in [0.05, 0.1) is 0 Å². The number of carbonyl (C=O) groups is 3. The third-order valence-electron chi connectivity index (χ3n) is 12.9. The third-order valence-corrected chi connectivity index (χ3v) is 12.9. The molecular formula is C57H110O6. The van der Waals surface area contributed by atoms with E-state index in [1.807, 2.05) is 0 Å². The van der Waals surface area contributed by atoms with Gasteiger partial charge >= 0.3 is 17.9 Å². The fourth-order valence-corrected chi connectivity index (χ4v) is 8.65. The molecule has 0 aromatic rings. The summed E-state index contributed by atoms with van der Waals surface area (Å²) in [6, 6.07) is 0. The van der Waals surface area contributed by atoms with E-state index in [0.29, 0.717) is 19.3 Å². The summed E-state index contributed by atoms with van der Waals surface area (Å²) in [5.41, 5.74) is 0. The Morgan fingerprint density at radius 3 is 0.683 bits per heavy atom. The summed E-state index contributed by atoms with van der Waals surface area (Å²) in [6.07, 6.45) is 49.6. The molecule has 63 heavy (non-hydrogen) atoms. The first-order valence-electron chi connectivity index (χ1n) is 28.1. The highest BCUT2D eigenvalue weighted by Gasteiger charge is 2.19. The largest absolute Gasteiger partial charge is 0.462 e. The first-order valence-corrected chi connectivity index (χ1v) is 28.1. The summed E-state index contributed by atoms with van der Waals surface area (Å²) in [7, 11) is 0. The molecule has 0 aliphatic heterocycles. The molecule has 0 bridgehead atoms. The number of carbonyl (C=O) groups excluding carboxylic acids is 3. The van der Waals surface area contributed by atoms with E-state index >= 15 is 0 Å². The maximum atomic E-state index is 12.8. The van der Waals surface area contributed by atoms with Gasteiger partial charge in [0.1, 0.15) is 13.2 Å². The lowest BCUT2D eigenvalue weighted by molar-refractivity contribution is -0.167. The second-order valence-corrected chi connectivity index (χ2v) is 21.0. The molecule has 0 radical (unpaired) electrons. The van der Waals surface area contributed by atoms with Crippen LogP contribution in [0.15, 0.2) is 0 Å². The van der Waals surface area contributed by atoms with Crippen molar-refractivity contribution < 1.29 is 28.6 Å². The van der Waals surface area contributed by atoms with Crippen LogP contribution in [-0.4, -0.2) is 37.2 Å². The van der Waals surface area contributed by atoms with Gasteiger partial charge in [0.25, 0.3) is 0 Å². The standard InChI is InChI=1S/C57H110O6/c1-51(2)43-37-31-25-20-16-12-8-7-9-14-18-22-28-34-40-46-55(58)61-49-54(50-62-56(59)47-41-35-30-24-27-33-39-45-53(5)6)63-57(60)48-42-36-29-23-19-15-11-10-13-17-21-26-32-38-44-52(3)4/h51-54H,7-50H2,1-6H3/t54-/m1/s1. The van der Waals surface area contributed by atoms with E-state index in [2.05, 4.69) is 41.5 Å². The van der Waals surface area contributed by atoms with Gasteiger partial charge in [-0.15, -0.1) is 0 Å². The van der Waals surface area contributed by atoms with Crippen molar-refractivity contribution in [2.45, 2.75) is 317 Å². The quantitative estimate of drug-likeness (QED) is 0.0344. The molecule has 0 unspecified atom stereocenters. The second kappa shape index (κ2) is 48.3. The van der Waals surface area contributed by atoms with E-state index in [1.54, 1.807) is 0 Å². The van der Waals surface area contributed by atoms with Crippen LogP contribution in [0.2, 0.25) is 0 Å². The maximum Gasteiger partial charge on any atom is 0.306 e. The molecular weight excluding hydrogens is 781 g/mol. The van der Waals surface area contributed by atoms with Crippen molar-refractivity contribution in [1.82, 2.24) is 0 Å². The van der Waals surface area contributed by atoms with Crippen molar-refractivity contribution in [3.63, 3.8) is 0 Å². The van der Waals surface area contributed by atoms with E-state index in [-0.39, 0.29) is 31.1 Å². The van der Waals surface area contributed by atoms with E-state index in [0.717, 1.165) is 75.5 Å². The number of ether oxygens (including phenoxy) is 3. The number of esters is 3. The van der Waals surface area contributed by atoms with Crippen LogP contribution in [0, 0.1) is 17.8 Å². The van der Waals surface area contributed by atoms with Crippen LogP contribution in [0.3, 0.4) is 0 Å². The fourth-order valence-electron chi connectivity index (χ4n) is 8.65. The Kier molecular flexibility index (Phi) is 47.1. The Labute approximate surface area is 393 Å². The van der Waals surface area contributed by atoms with Gasteiger partial charge in [0.15, 0.2) is 6.10 Å². The highest BCUT2D eigenvalue weighted by Crippen LogP contribution is 2.18. The first-order chi connectivity index (χ1) is 30.6. The minimum atomic E-state index is -0.763. The third kappa shape index (κ3) is 51.3. The second-order valence-electron chi connectivity index (χ2n) is 21.0. The average molecular weight is 892 g/mol. The topological polar surface area (TPSA) is 78.9 Å². The van der Waals surface area contributed by atoms with Gasteiger partial charge in [0.2, 0.25) is 0 Å². The number of hydrogen-bond donors (Lipinski definition) is 0. The molecule has 0 spiro atoms. The average Bonchev–Trinajstić information content (AvgIpc) is 3.24. The van der Waals surface area contributed by atoms with Crippen LogP contribution in [-0.2, 0) is 28.6 Å². The maximum absolute atomic E-state index is 12.8. The molecule has 0 aromatic carbocycles. The summed E-state index contributed by atoms with van der Waals surface area (Å²) in [6.45, 7) is 13.7. The van der Waals surface area contributed by atoms with Crippen molar-refractivity contribution in [2.75, 3.05) is 13.2 Å². The van der Waals surface area contributed by atoms with Gasteiger partial charge in [-0.25, -0.2) is 0 Å². The molecule has 6 nitrogen and oxygen atoms in total. The summed E-state index contributed by atoms with van der Waals surface area (Å²) >= 11 is 0. The van der Waals surface area contributed by atoms with Crippen LogP contribution in [0.5, 0.6) is 0 Å². The molecule has 1 atom stereocenters. The Morgan fingerprint density at radius 2 is 0.460 bits per heavy atom. The van der Waals surface area contributed by atoms with E-state index < -0.39 is 6.10 Å². The molecule has 0 aliphatic rings. The number of hydrogen-bond acceptors (Lipinski definition) is 6. The highest BCUT2D eigenvalue weighted by atomic mass is 16.6. The summed E-state index contributed by atoms with van der Waals surface area (Å²) in [4.78, 5) is 38.0. The molecule has 0 aromatic heterocycles. The molecule has 0 N–H and O–H groups in total. The zero-order valence-electron chi connectivity index (χ0n) is 43.4. The van der Waals surface area contributed by atoms with Crippen molar-refractivity contribution in [3.05, 3.63) is 0 Å². The monoisotopic (exact) mass is 891 g/mol. The SMILES string of the molecule is CC(C)CCCCCCCCCCCCCCCCCC(=O)OC[C@H](COC(=O)CCCCCCCCCC(C)C)OC(=O)CCCCCCCCCCCCCCCCC(C)C. The Morgan fingerprint density at radius 1 is 0.270 bits per heavy atom. The summed E-state index contributed by atoms with van der Waals surface area (Å²) < 4.78 is 16.8. The highest BCUT2D eigenvalue weighted by molar-refractivity contribution is 5.71. The van der Waals surface area contributed by atoms with Crippen molar-refractivity contribution >= 4 is 17.9 Å². The smallest absolute Gasteiger partial charge is 0.306 e. The molecule has 0 heterocycles. The number of unbranched alkanes of at least 4 members (excludes halogenated alkanes) is 33.